The van der Waals surface area contributed by atoms with Crippen molar-refractivity contribution in [1.29, 1.82) is 0 Å². The summed E-state index contributed by atoms with van der Waals surface area (Å²) in [5.41, 5.74) is -0.301. The Hall–Kier alpha value is -2.75. The van der Waals surface area contributed by atoms with E-state index in [4.69, 9.17) is 4.74 Å². The van der Waals surface area contributed by atoms with Crippen molar-refractivity contribution in [2.45, 2.75) is 25.4 Å². The summed E-state index contributed by atoms with van der Waals surface area (Å²) >= 11 is 0. The molecule has 1 aliphatic rings. The number of halogens is 3. The van der Waals surface area contributed by atoms with Gasteiger partial charge in [-0.3, -0.25) is 4.40 Å². The third kappa shape index (κ3) is 4.16. The summed E-state index contributed by atoms with van der Waals surface area (Å²) in [6.07, 6.45) is 3.85. The lowest BCUT2D eigenvalue weighted by Gasteiger charge is -2.25. The van der Waals surface area contributed by atoms with Crippen LogP contribution in [0.15, 0.2) is 30.9 Å². The summed E-state index contributed by atoms with van der Waals surface area (Å²) in [5.74, 6) is 1.48. The molecule has 1 atom stereocenters. The highest BCUT2D eigenvalue weighted by Crippen LogP contribution is 2.29. The summed E-state index contributed by atoms with van der Waals surface area (Å²) < 4.78 is 45.8. The quantitative estimate of drug-likeness (QED) is 0.661. The number of methoxy groups -OCH3 is 1. The van der Waals surface area contributed by atoms with Crippen molar-refractivity contribution in [2.24, 2.45) is 5.92 Å². The van der Waals surface area contributed by atoms with Crippen LogP contribution in [-0.4, -0.2) is 51.1 Å². The SMILES string of the molecule is COCC1CCCCN(c2ccnc(-c3cnc4cnc(C(F)(F)F)cn34)n2)C1. The molecule has 0 aromatic carbocycles. The molecular formula is C19H21F3N6O. The summed E-state index contributed by atoms with van der Waals surface area (Å²) in [4.78, 5) is 18.7. The fourth-order valence-electron chi connectivity index (χ4n) is 3.66. The Morgan fingerprint density at radius 2 is 2.03 bits per heavy atom. The van der Waals surface area contributed by atoms with Gasteiger partial charge in [-0.15, -0.1) is 0 Å². The van der Waals surface area contributed by atoms with Crippen LogP contribution in [0.4, 0.5) is 19.0 Å². The predicted octanol–water partition coefficient (Wildman–Crippen LogP) is 3.46. The van der Waals surface area contributed by atoms with Crippen LogP contribution >= 0.6 is 0 Å². The first-order valence-corrected chi connectivity index (χ1v) is 9.43. The van der Waals surface area contributed by atoms with Gasteiger partial charge in [-0.1, -0.05) is 6.42 Å². The molecule has 0 amide bonds. The van der Waals surface area contributed by atoms with Crippen LogP contribution in [0.5, 0.6) is 0 Å². The first-order chi connectivity index (χ1) is 14.0. The van der Waals surface area contributed by atoms with E-state index in [-0.39, 0.29) is 0 Å². The van der Waals surface area contributed by atoms with Gasteiger partial charge < -0.3 is 9.64 Å². The molecule has 1 unspecified atom stereocenters. The number of aromatic nitrogens is 5. The van der Waals surface area contributed by atoms with Gasteiger partial charge in [0.1, 0.15) is 11.5 Å². The van der Waals surface area contributed by atoms with Crippen LogP contribution in [0.3, 0.4) is 0 Å². The van der Waals surface area contributed by atoms with Crippen LogP contribution in [0.25, 0.3) is 17.2 Å². The zero-order valence-electron chi connectivity index (χ0n) is 15.9. The Bertz CT molecular complexity index is 989. The number of fused-ring (bicyclic) bond motifs is 1. The Balaban J connectivity index is 1.68. The molecule has 0 N–H and O–H groups in total. The standard InChI is InChI=1S/C19H21F3N6O/c1-29-12-13-4-2-3-7-27(10-13)16-5-6-23-18(26-16)14-8-25-17-9-24-15(11-28(14)17)19(20,21)22/h5-6,8-9,11,13H,2-4,7,10,12H2,1H3. The second-order valence-electron chi connectivity index (χ2n) is 7.14. The number of nitrogens with zero attached hydrogens (tertiary/aromatic N) is 6. The molecule has 29 heavy (non-hydrogen) atoms. The van der Waals surface area contributed by atoms with Crippen molar-refractivity contribution < 1.29 is 17.9 Å². The summed E-state index contributed by atoms with van der Waals surface area (Å²) in [6.45, 7) is 2.38. The molecule has 10 heteroatoms. The molecule has 4 heterocycles. The Morgan fingerprint density at radius 1 is 1.17 bits per heavy atom. The number of imidazole rings is 1. The molecule has 1 aliphatic heterocycles. The third-order valence-corrected chi connectivity index (χ3v) is 5.05. The van der Waals surface area contributed by atoms with E-state index in [2.05, 4.69) is 24.8 Å². The fraction of sp³-hybridized carbons (Fsp3) is 0.474. The van der Waals surface area contributed by atoms with Gasteiger partial charge in [-0.05, 0) is 24.8 Å². The maximum Gasteiger partial charge on any atom is 0.434 e. The van der Waals surface area contributed by atoms with E-state index in [0.717, 1.165) is 50.6 Å². The molecule has 0 bridgehead atoms. The van der Waals surface area contributed by atoms with Gasteiger partial charge in [-0.2, -0.15) is 13.2 Å². The first-order valence-electron chi connectivity index (χ1n) is 9.43. The lowest BCUT2D eigenvalue weighted by molar-refractivity contribution is -0.141. The molecule has 3 aromatic heterocycles. The zero-order chi connectivity index (χ0) is 20.4. The second kappa shape index (κ2) is 7.94. The minimum Gasteiger partial charge on any atom is -0.384 e. The van der Waals surface area contributed by atoms with Crippen molar-refractivity contribution in [2.75, 3.05) is 31.7 Å². The molecule has 0 radical (unpaired) electrons. The highest BCUT2D eigenvalue weighted by molar-refractivity contribution is 5.58. The number of hydrogen-bond donors (Lipinski definition) is 0. The molecule has 4 rings (SSSR count). The van der Waals surface area contributed by atoms with Crippen LogP contribution < -0.4 is 4.90 Å². The van der Waals surface area contributed by atoms with Crippen molar-refractivity contribution in [1.82, 2.24) is 24.3 Å². The van der Waals surface area contributed by atoms with Crippen molar-refractivity contribution >= 4 is 11.5 Å². The van der Waals surface area contributed by atoms with Gasteiger partial charge in [0, 0.05) is 32.6 Å². The minimum atomic E-state index is -4.54. The van der Waals surface area contributed by atoms with Gasteiger partial charge in [0.05, 0.1) is 19.0 Å². The summed E-state index contributed by atoms with van der Waals surface area (Å²) in [5, 5.41) is 0. The largest absolute Gasteiger partial charge is 0.434 e. The number of hydrogen-bond acceptors (Lipinski definition) is 6. The average molecular weight is 406 g/mol. The maximum atomic E-state index is 13.1. The monoisotopic (exact) mass is 406 g/mol. The second-order valence-corrected chi connectivity index (χ2v) is 7.14. The van der Waals surface area contributed by atoms with E-state index in [1.807, 2.05) is 6.07 Å². The molecule has 0 saturated carbocycles. The third-order valence-electron chi connectivity index (χ3n) is 5.05. The summed E-state index contributed by atoms with van der Waals surface area (Å²) in [6, 6.07) is 1.82. The zero-order valence-corrected chi connectivity index (χ0v) is 15.9. The number of rotatable bonds is 4. The van der Waals surface area contributed by atoms with E-state index in [1.165, 1.54) is 10.6 Å². The van der Waals surface area contributed by atoms with Crippen molar-refractivity contribution in [3.63, 3.8) is 0 Å². The normalized spacial score (nSPS) is 18.2. The summed E-state index contributed by atoms with van der Waals surface area (Å²) in [7, 11) is 1.70. The van der Waals surface area contributed by atoms with Crippen molar-refractivity contribution in [3.8, 4) is 11.5 Å². The smallest absolute Gasteiger partial charge is 0.384 e. The van der Waals surface area contributed by atoms with Crippen LogP contribution in [0.1, 0.15) is 25.0 Å². The van der Waals surface area contributed by atoms with E-state index >= 15 is 0 Å². The van der Waals surface area contributed by atoms with E-state index in [9.17, 15) is 13.2 Å². The molecule has 7 nitrogen and oxygen atoms in total. The van der Waals surface area contributed by atoms with Crippen LogP contribution in [0.2, 0.25) is 0 Å². The van der Waals surface area contributed by atoms with Gasteiger partial charge in [0.25, 0.3) is 0 Å². The first kappa shape index (κ1) is 19.6. The van der Waals surface area contributed by atoms with Gasteiger partial charge >= 0.3 is 6.18 Å². The molecule has 1 fully saturated rings. The number of anilines is 1. The fourth-order valence-corrected chi connectivity index (χ4v) is 3.66. The minimum absolute atomic E-state index is 0.303. The molecule has 154 valence electrons. The van der Waals surface area contributed by atoms with Gasteiger partial charge in [0.15, 0.2) is 17.2 Å². The van der Waals surface area contributed by atoms with E-state index in [0.29, 0.717) is 29.7 Å². The Kier molecular flexibility index (Phi) is 5.35. The number of ether oxygens (including phenoxy) is 1. The Labute approximate surface area is 165 Å². The van der Waals surface area contributed by atoms with Crippen molar-refractivity contribution in [3.05, 3.63) is 36.5 Å². The van der Waals surface area contributed by atoms with Crippen LogP contribution in [0, 0.1) is 5.92 Å². The maximum absolute atomic E-state index is 13.1. The molecule has 0 aliphatic carbocycles. The topological polar surface area (TPSA) is 68.4 Å². The van der Waals surface area contributed by atoms with E-state index < -0.39 is 11.9 Å². The van der Waals surface area contributed by atoms with E-state index in [1.54, 1.807) is 13.3 Å². The molecule has 0 spiro atoms. The molecule has 3 aromatic rings. The highest BCUT2D eigenvalue weighted by atomic mass is 19.4. The average Bonchev–Trinajstić information content (AvgIpc) is 2.98. The highest BCUT2D eigenvalue weighted by Gasteiger charge is 2.33. The molecule has 1 saturated heterocycles. The van der Waals surface area contributed by atoms with Gasteiger partial charge in [-0.25, -0.2) is 19.9 Å². The Morgan fingerprint density at radius 3 is 2.83 bits per heavy atom. The predicted molar refractivity (Wildman–Crippen MR) is 100 cm³/mol. The lowest BCUT2D eigenvalue weighted by atomic mass is 10.0. The van der Waals surface area contributed by atoms with Gasteiger partial charge in [0.2, 0.25) is 0 Å². The molecular weight excluding hydrogens is 385 g/mol. The lowest BCUT2D eigenvalue weighted by Crippen LogP contribution is -2.30. The number of alkyl halides is 3. The van der Waals surface area contributed by atoms with Crippen LogP contribution in [-0.2, 0) is 10.9 Å².